The minimum absolute atomic E-state index is 0.00313. The van der Waals surface area contributed by atoms with E-state index < -0.39 is 24.0 Å². The molecule has 3 aromatic carbocycles. The molecule has 186 valence electrons. The van der Waals surface area contributed by atoms with Crippen LogP contribution in [0.15, 0.2) is 72.8 Å². The number of carboxylic acids is 1. The van der Waals surface area contributed by atoms with Gasteiger partial charge in [-0.05, 0) is 60.6 Å². The molecule has 1 aliphatic rings. The number of carbonyl (C=O) groups is 3. The number of carboxylic acid groups (broad SMARTS) is 1. The Labute approximate surface area is 210 Å². The number of hydrogen-bond acceptors (Lipinski definition) is 4. The van der Waals surface area contributed by atoms with E-state index in [-0.39, 0.29) is 18.9 Å². The van der Waals surface area contributed by atoms with Crippen molar-refractivity contribution < 1.29 is 24.2 Å². The number of hydrogen-bond donors (Lipinski definition) is 3. The summed E-state index contributed by atoms with van der Waals surface area (Å²) in [6.07, 6.45) is 0.849. The summed E-state index contributed by atoms with van der Waals surface area (Å²) < 4.78 is 5.51. The number of carbonyl (C=O) groups excluding carboxylic acids is 2. The number of fused-ring (bicyclic) bond motifs is 3. The number of nitrogens with one attached hydrogen (secondary N) is 2. The van der Waals surface area contributed by atoms with Gasteiger partial charge in [-0.3, -0.25) is 4.79 Å². The third kappa shape index (κ3) is 5.92. The van der Waals surface area contributed by atoms with Crippen molar-refractivity contribution in [1.82, 2.24) is 10.6 Å². The molecule has 4 rings (SSSR count). The first-order valence-electron chi connectivity index (χ1n) is 12.1. The minimum Gasteiger partial charge on any atom is -0.480 e. The maximum absolute atomic E-state index is 12.3. The molecule has 1 aliphatic carbocycles. The second kappa shape index (κ2) is 11.5. The number of benzene rings is 3. The highest BCUT2D eigenvalue weighted by Crippen LogP contribution is 2.44. The lowest BCUT2D eigenvalue weighted by atomic mass is 9.98. The summed E-state index contributed by atoms with van der Waals surface area (Å²) in [6.45, 7) is 2.51. The van der Waals surface area contributed by atoms with Gasteiger partial charge in [-0.1, -0.05) is 66.2 Å². The fourth-order valence-corrected chi connectivity index (χ4v) is 4.52. The monoisotopic (exact) mass is 486 g/mol. The first-order chi connectivity index (χ1) is 17.4. The number of unbranched alkanes of at least 4 members (excludes halogenated alkanes) is 1. The van der Waals surface area contributed by atoms with Crippen LogP contribution in [-0.2, 0) is 9.53 Å². The normalized spacial score (nSPS) is 12.8. The third-order valence-electron chi connectivity index (χ3n) is 6.45. The zero-order chi connectivity index (χ0) is 25.5. The van der Waals surface area contributed by atoms with E-state index in [9.17, 15) is 19.5 Å². The first-order valence-corrected chi connectivity index (χ1v) is 12.1. The quantitative estimate of drug-likeness (QED) is 0.354. The zero-order valence-corrected chi connectivity index (χ0v) is 20.2. The van der Waals surface area contributed by atoms with Gasteiger partial charge < -0.3 is 20.5 Å². The van der Waals surface area contributed by atoms with E-state index in [1.807, 2.05) is 31.2 Å². The highest BCUT2D eigenvalue weighted by Gasteiger charge is 2.29. The average molecular weight is 487 g/mol. The molecule has 7 heteroatoms. The van der Waals surface area contributed by atoms with E-state index >= 15 is 0 Å². The number of aryl methyl sites for hydroxylation is 1. The Bertz CT molecular complexity index is 1190. The second-order valence-corrected chi connectivity index (χ2v) is 8.98. The van der Waals surface area contributed by atoms with Crippen molar-refractivity contribution in [2.24, 2.45) is 0 Å². The van der Waals surface area contributed by atoms with Gasteiger partial charge in [-0.2, -0.15) is 0 Å². The Morgan fingerprint density at radius 2 is 1.50 bits per heavy atom. The van der Waals surface area contributed by atoms with Gasteiger partial charge >= 0.3 is 12.1 Å². The van der Waals surface area contributed by atoms with Crippen LogP contribution in [0.4, 0.5) is 4.79 Å². The number of amides is 2. The van der Waals surface area contributed by atoms with Crippen molar-refractivity contribution >= 4 is 18.0 Å². The molecule has 0 unspecified atom stereocenters. The maximum atomic E-state index is 12.3. The van der Waals surface area contributed by atoms with Crippen LogP contribution in [0.3, 0.4) is 0 Å². The molecular weight excluding hydrogens is 456 g/mol. The Morgan fingerprint density at radius 3 is 2.11 bits per heavy atom. The molecule has 0 spiro atoms. The molecule has 3 aromatic rings. The molecule has 0 saturated carbocycles. The number of aliphatic carboxylic acids is 1. The van der Waals surface area contributed by atoms with Crippen molar-refractivity contribution in [2.45, 2.75) is 38.1 Å². The second-order valence-electron chi connectivity index (χ2n) is 8.98. The standard InChI is InChI=1S/C29H30N2O5/c1-19-13-15-20(16-14-19)27(32)31-26(28(33)34)12-6-7-17-30-29(35)36-18-25-23-10-4-2-8-21(23)22-9-3-5-11-24(22)25/h2-5,8-11,13-16,25-26H,6-7,12,17-18H2,1H3,(H,30,35)(H,31,32)(H,33,34)/t26-/m0/s1. The van der Waals surface area contributed by atoms with Gasteiger partial charge in [0, 0.05) is 18.0 Å². The van der Waals surface area contributed by atoms with E-state index in [4.69, 9.17) is 4.74 Å². The van der Waals surface area contributed by atoms with E-state index in [1.54, 1.807) is 24.3 Å². The van der Waals surface area contributed by atoms with Gasteiger partial charge in [0.15, 0.2) is 0 Å². The minimum atomic E-state index is -1.08. The van der Waals surface area contributed by atoms with Crippen molar-refractivity contribution in [1.29, 1.82) is 0 Å². The van der Waals surface area contributed by atoms with Gasteiger partial charge in [-0.25, -0.2) is 9.59 Å². The lowest BCUT2D eigenvalue weighted by Gasteiger charge is -2.15. The molecule has 2 amide bonds. The van der Waals surface area contributed by atoms with Crippen LogP contribution < -0.4 is 10.6 Å². The van der Waals surface area contributed by atoms with Gasteiger partial charge in [0.1, 0.15) is 12.6 Å². The number of alkyl carbamates (subject to hydrolysis) is 1. The lowest BCUT2D eigenvalue weighted by molar-refractivity contribution is -0.139. The molecule has 3 N–H and O–H groups in total. The summed E-state index contributed by atoms with van der Waals surface area (Å²) in [6, 6.07) is 22.3. The zero-order valence-electron chi connectivity index (χ0n) is 20.2. The predicted molar refractivity (Wildman–Crippen MR) is 137 cm³/mol. The van der Waals surface area contributed by atoms with Crippen LogP contribution in [0, 0.1) is 6.92 Å². The van der Waals surface area contributed by atoms with Gasteiger partial charge in [0.2, 0.25) is 0 Å². The van der Waals surface area contributed by atoms with Crippen LogP contribution in [-0.4, -0.2) is 42.3 Å². The topological polar surface area (TPSA) is 105 Å². The summed E-state index contributed by atoms with van der Waals surface area (Å²) >= 11 is 0. The molecule has 0 heterocycles. The molecule has 0 fully saturated rings. The first kappa shape index (κ1) is 25.0. The lowest BCUT2D eigenvalue weighted by Crippen LogP contribution is -2.40. The van der Waals surface area contributed by atoms with Crippen LogP contribution >= 0.6 is 0 Å². The molecular formula is C29H30N2O5. The summed E-state index contributed by atoms with van der Waals surface area (Å²) in [4.78, 5) is 36.2. The molecule has 0 saturated heterocycles. The molecule has 0 aromatic heterocycles. The Hall–Kier alpha value is -4.13. The number of rotatable bonds is 10. The van der Waals surface area contributed by atoms with Crippen molar-refractivity contribution in [3.8, 4) is 11.1 Å². The highest BCUT2D eigenvalue weighted by atomic mass is 16.5. The number of ether oxygens (including phenoxy) is 1. The molecule has 0 bridgehead atoms. The fourth-order valence-electron chi connectivity index (χ4n) is 4.52. The average Bonchev–Trinajstić information content (AvgIpc) is 3.20. The molecule has 36 heavy (non-hydrogen) atoms. The SMILES string of the molecule is Cc1ccc(C(=O)N[C@@H](CCCCNC(=O)OCC2c3ccccc3-c3ccccc32)C(=O)O)cc1. The van der Waals surface area contributed by atoms with E-state index in [2.05, 4.69) is 34.9 Å². The molecule has 7 nitrogen and oxygen atoms in total. The maximum Gasteiger partial charge on any atom is 0.407 e. The summed E-state index contributed by atoms with van der Waals surface area (Å²) in [5, 5.41) is 14.8. The van der Waals surface area contributed by atoms with Crippen LogP contribution in [0.2, 0.25) is 0 Å². The summed E-state index contributed by atoms with van der Waals surface area (Å²) in [5.41, 5.74) is 6.08. The van der Waals surface area contributed by atoms with Gasteiger partial charge in [0.05, 0.1) is 0 Å². The van der Waals surface area contributed by atoms with Crippen LogP contribution in [0.1, 0.15) is 52.2 Å². The van der Waals surface area contributed by atoms with Gasteiger partial charge in [0.25, 0.3) is 5.91 Å². The summed E-state index contributed by atoms with van der Waals surface area (Å²) in [7, 11) is 0. The molecule has 0 radical (unpaired) electrons. The van der Waals surface area contributed by atoms with E-state index in [1.165, 1.54) is 11.1 Å². The third-order valence-corrected chi connectivity index (χ3v) is 6.45. The van der Waals surface area contributed by atoms with Crippen LogP contribution in [0.25, 0.3) is 11.1 Å². The van der Waals surface area contributed by atoms with Crippen molar-refractivity contribution in [2.75, 3.05) is 13.2 Å². The largest absolute Gasteiger partial charge is 0.480 e. The predicted octanol–water partition coefficient (Wildman–Crippen LogP) is 4.89. The van der Waals surface area contributed by atoms with Crippen molar-refractivity contribution in [3.63, 3.8) is 0 Å². The van der Waals surface area contributed by atoms with E-state index in [0.29, 0.717) is 24.9 Å². The van der Waals surface area contributed by atoms with Gasteiger partial charge in [-0.15, -0.1) is 0 Å². The Kier molecular flexibility index (Phi) is 8.00. The Morgan fingerprint density at radius 1 is 0.889 bits per heavy atom. The van der Waals surface area contributed by atoms with E-state index in [0.717, 1.165) is 16.7 Å². The Balaban J connectivity index is 1.19. The van der Waals surface area contributed by atoms with Crippen molar-refractivity contribution in [3.05, 3.63) is 95.1 Å². The summed E-state index contributed by atoms with van der Waals surface area (Å²) in [5.74, 6) is -1.50. The fraction of sp³-hybridized carbons (Fsp3) is 0.276. The van der Waals surface area contributed by atoms with Crippen LogP contribution in [0.5, 0.6) is 0 Å². The highest BCUT2D eigenvalue weighted by molar-refractivity contribution is 5.96. The smallest absolute Gasteiger partial charge is 0.407 e. The molecule has 0 aliphatic heterocycles. The molecule has 1 atom stereocenters.